The van der Waals surface area contributed by atoms with E-state index in [1.165, 1.54) is 5.56 Å². The molecule has 3 rings (SSSR count). The number of carbonyl (C=O) groups excluding carboxylic acids is 1. The first-order chi connectivity index (χ1) is 13.3. The van der Waals surface area contributed by atoms with Crippen LogP contribution in [0, 0.1) is 5.41 Å². The van der Waals surface area contributed by atoms with Crippen molar-refractivity contribution >= 4 is 20.8 Å². The molecule has 0 aromatic heterocycles. The maximum absolute atomic E-state index is 13.1. The van der Waals surface area contributed by atoms with Crippen molar-refractivity contribution in [3.63, 3.8) is 0 Å². The molecule has 28 heavy (non-hydrogen) atoms. The number of anilines is 1. The number of benzene rings is 2. The number of carbonyl (C=O) groups is 1. The Bertz CT molecular complexity index is 801. The van der Waals surface area contributed by atoms with Crippen molar-refractivity contribution in [2.45, 2.75) is 59.0 Å². The maximum atomic E-state index is 13.1. The van der Waals surface area contributed by atoms with Gasteiger partial charge in [-0.1, -0.05) is 69.3 Å². The summed E-state index contributed by atoms with van der Waals surface area (Å²) >= 11 is 0. The van der Waals surface area contributed by atoms with Crippen LogP contribution < -0.4 is 4.90 Å². The van der Waals surface area contributed by atoms with Gasteiger partial charge >= 0.3 is 6.09 Å². The smallest absolute Gasteiger partial charge is 0.416 e. The third-order valence-electron chi connectivity index (χ3n) is 5.12. The number of nitrogens with zero attached hydrogens (tertiary/aromatic N) is 1. The normalized spacial score (nSPS) is 19.4. The van der Waals surface area contributed by atoms with E-state index in [0.717, 1.165) is 17.7 Å². The molecule has 0 aliphatic carbocycles. The van der Waals surface area contributed by atoms with E-state index in [1.54, 1.807) is 4.90 Å². The molecule has 1 aliphatic rings. The van der Waals surface area contributed by atoms with Crippen LogP contribution in [0.25, 0.3) is 0 Å². The van der Waals surface area contributed by atoms with E-state index in [1.807, 2.05) is 48.5 Å². The zero-order valence-corrected chi connectivity index (χ0v) is 18.4. The number of hydrogen-bond acceptors (Lipinski definition) is 3. The average Bonchev–Trinajstić information content (AvgIpc) is 2.65. The number of rotatable bonds is 4. The molecule has 4 nitrogen and oxygen atoms in total. The molecule has 0 saturated carbocycles. The molecular weight excluding hydrogens is 366 g/mol. The van der Waals surface area contributed by atoms with Gasteiger partial charge in [-0.2, -0.15) is 0 Å². The van der Waals surface area contributed by atoms with Gasteiger partial charge in [-0.3, -0.25) is 4.90 Å². The van der Waals surface area contributed by atoms with Crippen LogP contribution in [0.2, 0.25) is 13.1 Å². The second-order valence-electron chi connectivity index (χ2n) is 8.60. The Morgan fingerprint density at radius 2 is 1.71 bits per heavy atom. The zero-order valence-electron chi connectivity index (χ0n) is 17.4. The van der Waals surface area contributed by atoms with Crippen LogP contribution in [0.15, 0.2) is 54.6 Å². The summed E-state index contributed by atoms with van der Waals surface area (Å²) in [6, 6.07) is 17.9. The largest absolute Gasteiger partial charge is 0.444 e. The molecular formula is C23H30NO3Si. The summed E-state index contributed by atoms with van der Waals surface area (Å²) in [7, 11) is -0.985. The number of amides is 1. The van der Waals surface area contributed by atoms with Crippen LogP contribution in [0.4, 0.5) is 10.5 Å². The molecule has 0 spiro atoms. The fourth-order valence-corrected chi connectivity index (χ4v) is 4.53. The molecule has 2 atom stereocenters. The Labute approximate surface area is 170 Å². The number of hydrogen-bond donors (Lipinski definition) is 0. The van der Waals surface area contributed by atoms with Gasteiger partial charge in [0.05, 0.1) is 5.69 Å². The van der Waals surface area contributed by atoms with E-state index in [-0.39, 0.29) is 24.3 Å². The Morgan fingerprint density at radius 1 is 1.07 bits per heavy atom. The van der Waals surface area contributed by atoms with Crippen molar-refractivity contribution in [1.82, 2.24) is 0 Å². The maximum Gasteiger partial charge on any atom is 0.416 e. The molecule has 0 bridgehead atoms. The second kappa shape index (κ2) is 8.49. The second-order valence-corrected chi connectivity index (χ2v) is 10.7. The summed E-state index contributed by atoms with van der Waals surface area (Å²) < 4.78 is 12.0. The quantitative estimate of drug-likeness (QED) is 0.599. The Morgan fingerprint density at radius 3 is 2.36 bits per heavy atom. The van der Waals surface area contributed by atoms with E-state index in [9.17, 15) is 4.79 Å². The van der Waals surface area contributed by atoms with Crippen LogP contribution in [0.5, 0.6) is 0 Å². The van der Waals surface area contributed by atoms with Gasteiger partial charge in [-0.05, 0) is 48.0 Å². The molecule has 1 aliphatic heterocycles. The molecule has 1 radical (unpaired) electrons. The first kappa shape index (κ1) is 20.6. The van der Waals surface area contributed by atoms with Crippen molar-refractivity contribution in [1.29, 1.82) is 0 Å². The van der Waals surface area contributed by atoms with Gasteiger partial charge in [0.25, 0.3) is 0 Å². The first-order valence-electron chi connectivity index (χ1n) is 9.83. The lowest BCUT2D eigenvalue weighted by Crippen LogP contribution is -2.49. The van der Waals surface area contributed by atoms with Crippen LogP contribution in [0.1, 0.15) is 44.2 Å². The van der Waals surface area contributed by atoms with E-state index >= 15 is 0 Å². The molecule has 0 N–H and O–H groups in total. The molecule has 2 aromatic rings. The number of fused-ring (bicyclic) bond motifs is 1. The summed E-state index contributed by atoms with van der Waals surface area (Å²) in [6.07, 6.45) is 0.125. The lowest BCUT2D eigenvalue weighted by atomic mass is 9.72. The van der Waals surface area contributed by atoms with Crippen molar-refractivity contribution in [3.05, 3.63) is 65.7 Å². The lowest BCUT2D eigenvalue weighted by molar-refractivity contribution is 0.105. The van der Waals surface area contributed by atoms with E-state index in [4.69, 9.17) is 9.16 Å². The van der Waals surface area contributed by atoms with Gasteiger partial charge in [0.15, 0.2) is 0 Å². The Kier molecular flexibility index (Phi) is 6.25. The zero-order chi connectivity index (χ0) is 20.3. The van der Waals surface area contributed by atoms with E-state index in [2.05, 4.69) is 39.9 Å². The van der Waals surface area contributed by atoms with Crippen molar-refractivity contribution in [3.8, 4) is 0 Å². The first-order valence-corrected chi connectivity index (χ1v) is 12.2. The van der Waals surface area contributed by atoms with Gasteiger partial charge in [0, 0.05) is 0 Å². The SMILES string of the molecule is C[Si](C)O[C@H]1CC(C(C)(C)C)c2ccccc2N1C(=O)OCc1ccccc1. The minimum absolute atomic E-state index is 0.0755. The monoisotopic (exact) mass is 396 g/mol. The minimum atomic E-state index is -0.985. The summed E-state index contributed by atoms with van der Waals surface area (Å²) in [4.78, 5) is 14.8. The van der Waals surface area contributed by atoms with Crippen molar-refractivity contribution in [2.24, 2.45) is 5.41 Å². The molecule has 1 heterocycles. The van der Waals surface area contributed by atoms with Gasteiger partial charge in [0.2, 0.25) is 9.04 Å². The Hall–Kier alpha value is -2.11. The highest BCUT2D eigenvalue weighted by Crippen LogP contribution is 2.47. The van der Waals surface area contributed by atoms with Crippen LogP contribution in [-0.4, -0.2) is 21.4 Å². The molecule has 1 unspecified atom stereocenters. The van der Waals surface area contributed by atoms with Gasteiger partial charge in [0.1, 0.15) is 12.8 Å². The van der Waals surface area contributed by atoms with E-state index < -0.39 is 9.04 Å². The third-order valence-corrected chi connectivity index (χ3v) is 5.86. The molecule has 5 heteroatoms. The van der Waals surface area contributed by atoms with Crippen LogP contribution >= 0.6 is 0 Å². The standard InChI is InChI=1S/C23H30NO3Si/c1-23(2,3)19-15-21(27-28(4)5)24(20-14-10-9-13-18(19)20)22(25)26-16-17-11-7-6-8-12-17/h6-14,19,21H,15-16H2,1-5H3/t19?,21-/m0/s1. The van der Waals surface area contributed by atoms with Gasteiger partial charge in [-0.15, -0.1) is 0 Å². The average molecular weight is 397 g/mol. The van der Waals surface area contributed by atoms with Crippen LogP contribution in [0.3, 0.4) is 0 Å². The molecule has 149 valence electrons. The molecule has 0 fully saturated rings. The number of para-hydroxylation sites is 1. The highest BCUT2D eigenvalue weighted by Gasteiger charge is 2.41. The topological polar surface area (TPSA) is 38.8 Å². The van der Waals surface area contributed by atoms with Gasteiger partial charge in [-0.25, -0.2) is 4.79 Å². The minimum Gasteiger partial charge on any atom is -0.444 e. The lowest BCUT2D eigenvalue weighted by Gasteiger charge is -2.44. The third kappa shape index (κ3) is 4.65. The summed E-state index contributed by atoms with van der Waals surface area (Å²) in [5.74, 6) is 0.313. The number of ether oxygens (including phenoxy) is 1. The molecule has 0 saturated heterocycles. The van der Waals surface area contributed by atoms with Crippen molar-refractivity contribution in [2.75, 3.05) is 4.90 Å². The van der Waals surface area contributed by atoms with Crippen LogP contribution in [-0.2, 0) is 15.8 Å². The fourth-order valence-electron chi connectivity index (χ4n) is 3.79. The van der Waals surface area contributed by atoms with Gasteiger partial charge < -0.3 is 9.16 Å². The summed E-state index contributed by atoms with van der Waals surface area (Å²) in [5, 5.41) is 0. The molecule has 2 aromatic carbocycles. The fraction of sp³-hybridized carbons (Fsp3) is 0.435. The highest BCUT2D eigenvalue weighted by atomic mass is 28.3. The van der Waals surface area contributed by atoms with E-state index in [0.29, 0.717) is 5.92 Å². The Balaban J connectivity index is 1.91. The summed E-state index contributed by atoms with van der Waals surface area (Å²) in [5.41, 5.74) is 3.14. The van der Waals surface area contributed by atoms with Crippen molar-refractivity contribution < 1.29 is 14.0 Å². The predicted octanol–water partition coefficient (Wildman–Crippen LogP) is 5.96. The predicted molar refractivity (Wildman–Crippen MR) is 115 cm³/mol. The molecule has 1 amide bonds. The highest BCUT2D eigenvalue weighted by molar-refractivity contribution is 6.48. The summed E-state index contributed by atoms with van der Waals surface area (Å²) in [6.45, 7) is 11.2.